The van der Waals surface area contributed by atoms with Gasteiger partial charge in [-0.1, -0.05) is 6.07 Å². The first-order chi connectivity index (χ1) is 12.9. The normalized spacial score (nSPS) is 17.9. The first kappa shape index (κ1) is 24.8. The zero-order valence-corrected chi connectivity index (χ0v) is 18.4. The molecule has 1 fully saturated rings. The summed E-state index contributed by atoms with van der Waals surface area (Å²) in [7, 11) is 3.28. The molecule has 0 radical (unpaired) electrons. The molecule has 6 nitrogen and oxygen atoms in total. The molecule has 1 aliphatic rings. The molecule has 160 valence electrons. The van der Waals surface area contributed by atoms with Crippen molar-refractivity contribution >= 4 is 35.6 Å². The van der Waals surface area contributed by atoms with Gasteiger partial charge in [0.05, 0.1) is 13.2 Å². The van der Waals surface area contributed by atoms with Crippen molar-refractivity contribution in [1.29, 1.82) is 0 Å². The Morgan fingerprint density at radius 3 is 2.79 bits per heavy atom. The summed E-state index contributed by atoms with van der Waals surface area (Å²) < 4.78 is 48.2. The highest BCUT2D eigenvalue weighted by atomic mass is 127. The molecule has 1 atom stereocenters. The molecule has 0 spiro atoms. The fourth-order valence-electron chi connectivity index (χ4n) is 2.89. The van der Waals surface area contributed by atoms with Crippen LogP contribution < -0.4 is 15.4 Å². The summed E-state index contributed by atoms with van der Waals surface area (Å²) in [5.74, 6) is 1.24. The number of anilines is 1. The van der Waals surface area contributed by atoms with Crippen LogP contribution in [0, 0.1) is 0 Å². The predicted octanol–water partition coefficient (Wildman–Crippen LogP) is 3.34. The van der Waals surface area contributed by atoms with E-state index in [9.17, 15) is 13.2 Å². The summed E-state index contributed by atoms with van der Waals surface area (Å²) in [6, 6.07) is 7.37. The van der Waals surface area contributed by atoms with Crippen molar-refractivity contribution in [2.75, 3.05) is 52.3 Å². The zero-order valence-electron chi connectivity index (χ0n) is 16.1. The molecule has 1 aromatic rings. The van der Waals surface area contributed by atoms with E-state index >= 15 is 0 Å². The van der Waals surface area contributed by atoms with Gasteiger partial charge in [0.1, 0.15) is 5.75 Å². The Kier molecular flexibility index (Phi) is 10.9. The maximum absolute atomic E-state index is 12.5. The number of rotatable bonds is 8. The molecule has 0 aromatic heterocycles. The number of halogens is 4. The van der Waals surface area contributed by atoms with Crippen LogP contribution in [-0.4, -0.2) is 70.1 Å². The van der Waals surface area contributed by atoms with Crippen molar-refractivity contribution < 1.29 is 22.6 Å². The lowest BCUT2D eigenvalue weighted by Crippen LogP contribution is -2.42. The monoisotopic (exact) mass is 516 g/mol. The van der Waals surface area contributed by atoms with Gasteiger partial charge in [-0.15, -0.1) is 24.0 Å². The summed E-state index contributed by atoms with van der Waals surface area (Å²) in [6.45, 7) is 1.07. The average molecular weight is 516 g/mol. The molecule has 28 heavy (non-hydrogen) atoms. The lowest BCUT2D eigenvalue weighted by molar-refractivity contribution is -0.143. The fourth-order valence-corrected chi connectivity index (χ4v) is 2.89. The largest absolute Gasteiger partial charge is 0.493 e. The van der Waals surface area contributed by atoms with E-state index in [-0.39, 0.29) is 30.0 Å². The Balaban J connectivity index is 0.00000392. The number of ether oxygens (including phenoxy) is 2. The van der Waals surface area contributed by atoms with Crippen molar-refractivity contribution in [3.63, 3.8) is 0 Å². The highest BCUT2D eigenvalue weighted by Crippen LogP contribution is 2.20. The van der Waals surface area contributed by atoms with Gasteiger partial charge in [-0.2, -0.15) is 13.2 Å². The first-order valence-electron chi connectivity index (χ1n) is 8.91. The number of nitrogens with one attached hydrogen (secondary N) is 2. The van der Waals surface area contributed by atoms with E-state index in [1.165, 1.54) is 4.90 Å². The van der Waals surface area contributed by atoms with E-state index in [0.717, 1.165) is 17.9 Å². The van der Waals surface area contributed by atoms with Gasteiger partial charge < -0.3 is 20.1 Å². The summed E-state index contributed by atoms with van der Waals surface area (Å²) in [5.41, 5.74) is 0.789. The van der Waals surface area contributed by atoms with E-state index in [0.29, 0.717) is 38.7 Å². The molecule has 1 aliphatic heterocycles. The second kappa shape index (κ2) is 12.3. The number of hydrogen-bond donors (Lipinski definition) is 2. The molecule has 1 aromatic carbocycles. The fraction of sp³-hybridized carbons (Fsp3) is 0.611. The maximum atomic E-state index is 12.5. The molecular weight excluding hydrogens is 488 g/mol. The van der Waals surface area contributed by atoms with Crippen LogP contribution in [0.2, 0.25) is 0 Å². The van der Waals surface area contributed by atoms with Gasteiger partial charge in [0.25, 0.3) is 0 Å². The van der Waals surface area contributed by atoms with Gasteiger partial charge >= 0.3 is 6.18 Å². The SMILES string of the molecule is CN=C(Nc1cccc(OCCCOC)c1)NC1CCN(CC(F)(F)F)C1.I. The third kappa shape index (κ3) is 9.28. The van der Waals surface area contributed by atoms with E-state index in [2.05, 4.69) is 15.6 Å². The Hall–Kier alpha value is -1.27. The summed E-state index contributed by atoms with van der Waals surface area (Å²) in [5, 5.41) is 6.34. The molecule has 0 aliphatic carbocycles. The van der Waals surface area contributed by atoms with E-state index in [1.54, 1.807) is 14.2 Å². The standard InChI is InChI=1S/C18H27F3N4O2.HI/c1-22-17(24-15-7-8-25(12-15)13-18(19,20)21)23-14-5-3-6-16(11-14)27-10-4-9-26-2;/h3,5-6,11,15H,4,7-10,12-13H2,1-2H3,(H2,22,23,24);1H. The van der Waals surface area contributed by atoms with Crippen molar-refractivity contribution in [3.8, 4) is 5.75 Å². The predicted molar refractivity (Wildman–Crippen MR) is 115 cm³/mol. The minimum Gasteiger partial charge on any atom is -0.493 e. The van der Waals surface area contributed by atoms with Crippen LogP contribution in [0.3, 0.4) is 0 Å². The minimum atomic E-state index is -4.17. The number of guanidine groups is 1. The Morgan fingerprint density at radius 2 is 2.11 bits per heavy atom. The number of hydrogen-bond acceptors (Lipinski definition) is 4. The molecule has 1 unspecified atom stereocenters. The van der Waals surface area contributed by atoms with Crippen LogP contribution in [0.5, 0.6) is 5.75 Å². The number of alkyl halides is 3. The van der Waals surface area contributed by atoms with Crippen molar-refractivity contribution in [2.24, 2.45) is 4.99 Å². The second-order valence-electron chi connectivity index (χ2n) is 6.40. The van der Waals surface area contributed by atoms with Crippen molar-refractivity contribution in [3.05, 3.63) is 24.3 Å². The molecule has 2 rings (SSSR count). The Bertz CT molecular complexity index is 617. The van der Waals surface area contributed by atoms with Crippen LogP contribution in [0.1, 0.15) is 12.8 Å². The van der Waals surface area contributed by atoms with Crippen LogP contribution >= 0.6 is 24.0 Å². The number of nitrogens with zero attached hydrogens (tertiary/aromatic N) is 2. The lowest BCUT2D eigenvalue weighted by atomic mass is 10.2. The van der Waals surface area contributed by atoms with Crippen LogP contribution in [-0.2, 0) is 4.74 Å². The third-order valence-electron chi connectivity index (χ3n) is 4.10. The highest BCUT2D eigenvalue weighted by Gasteiger charge is 2.34. The summed E-state index contributed by atoms with van der Waals surface area (Å²) >= 11 is 0. The molecule has 0 bridgehead atoms. The zero-order chi connectivity index (χ0) is 19.7. The van der Waals surface area contributed by atoms with Gasteiger partial charge in [0.15, 0.2) is 5.96 Å². The molecule has 10 heteroatoms. The molecule has 1 heterocycles. The van der Waals surface area contributed by atoms with Gasteiger partial charge in [0, 0.05) is 58.1 Å². The Morgan fingerprint density at radius 1 is 1.32 bits per heavy atom. The lowest BCUT2D eigenvalue weighted by Gasteiger charge is -2.20. The summed E-state index contributed by atoms with van der Waals surface area (Å²) in [6.07, 6.45) is -2.73. The molecule has 0 amide bonds. The topological polar surface area (TPSA) is 58.1 Å². The first-order valence-corrected chi connectivity index (χ1v) is 8.91. The van der Waals surface area contributed by atoms with Crippen LogP contribution in [0.4, 0.5) is 18.9 Å². The minimum absolute atomic E-state index is 0. The van der Waals surface area contributed by atoms with E-state index < -0.39 is 12.7 Å². The Labute approximate surface area is 180 Å². The molecule has 1 saturated heterocycles. The molecule has 0 saturated carbocycles. The number of benzene rings is 1. The van der Waals surface area contributed by atoms with E-state index in [1.807, 2.05) is 24.3 Å². The number of methoxy groups -OCH3 is 1. The average Bonchev–Trinajstić information content (AvgIpc) is 3.03. The van der Waals surface area contributed by atoms with Gasteiger partial charge in [-0.3, -0.25) is 9.89 Å². The number of aliphatic imine (C=N–C) groups is 1. The highest BCUT2D eigenvalue weighted by molar-refractivity contribution is 14.0. The van der Waals surface area contributed by atoms with Crippen LogP contribution in [0.25, 0.3) is 0 Å². The quantitative estimate of drug-likeness (QED) is 0.240. The molecule has 2 N–H and O–H groups in total. The molecular formula is C18H28F3IN4O2. The second-order valence-corrected chi connectivity index (χ2v) is 6.40. The van der Waals surface area contributed by atoms with Crippen molar-refractivity contribution in [2.45, 2.75) is 25.1 Å². The van der Waals surface area contributed by atoms with Gasteiger partial charge in [-0.25, -0.2) is 0 Å². The number of likely N-dealkylation sites (tertiary alicyclic amines) is 1. The summed E-state index contributed by atoms with van der Waals surface area (Å²) in [4.78, 5) is 5.56. The van der Waals surface area contributed by atoms with Crippen molar-refractivity contribution in [1.82, 2.24) is 10.2 Å². The van der Waals surface area contributed by atoms with Gasteiger partial charge in [0.2, 0.25) is 0 Å². The maximum Gasteiger partial charge on any atom is 0.401 e. The third-order valence-corrected chi connectivity index (χ3v) is 4.10. The smallest absolute Gasteiger partial charge is 0.401 e. The van der Waals surface area contributed by atoms with Gasteiger partial charge in [-0.05, 0) is 18.6 Å². The van der Waals surface area contributed by atoms with E-state index in [4.69, 9.17) is 9.47 Å². The van der Waals surface area contributed by atoms with Crippen LogP contribution in [0.15, 0.2) is 29.3 Å².